The summed E-state index contributed by atoms with van der Waals surface area (Å²) >= 11 is 0. The Balaban J connectivity index is 6.51. The molecule has 0 spiro atoms. The summed E-state index contributed by atoms with van der Waals surface area (Å²) in [4.78, 5) is 170. The molecule has 0 aromatic rings. The summed E-state index contributed by atoms with van der Waals surface area (Å²) in [6, 6.07) is -14.2. The van der Waals surface area contributed by atoms with Crippen LogP contribution in [0.1, 0.15) is 104 Å². The van der Waals surface area contributed by atoms with Crippen LogP contribution in [0.2, 0.25) is 0 Å². The molecule has 25 N–H and O–H groups in total. The van der Waals surface area contributed by atoms with E-state index < -0.39 is 170 Å². The zero-order valence-corrected chi connectivity index (χ0v) is 41.4. The largest absolute Gasteiger partial charge is 0.481 e. The Morgan fingerprint density at radius 3 is 1.16 bits per heavy atom. The number of guanidine groups is 1. The molecule has 0 aliphatic rings. The Kier molecular flexibility index (Phi) is 31.7. The number of nitrogens with zero attached hydrogens (tertiary/aromatic N) is 1. The molecule has 0 saturated heterocycles. The predicted octanol–water partition coefficient (Wildman–Crippen LogP) is -7.89. The molecule has 0 radical (unpaired) electrons. The van der Waals surface area contributed by atoms with E-state index >= 15 is 0 Å². The summed E-state index contributed by atoms with van der Waals surface area (Å²) in [5, 5.41) is 46.3. The number of amides is 10. The van der Waals surface area contributed by atoms with Crippen molar-refractivity contribution >= 4 is 82.9 Å². The molecule has 0 aliphatic heterocycles. The van der Waals surface area contributed by atoms with E-state index in [1.165, 1.54) is 6.92 Å². The normalized spacial score (nSPS) is 14.4. The van der Waals surface area contributed by atoms with Gasteiger partial charge in [0.2, 0.25) is 59.1 Å². The minimum absolute atomic E-state index is 0.0270. The molecular formula is C42H74N16O16. The molecule has 9 atom stereocenters. The average molecular weight is 1060 g/mol. The molecule has 0 aromatic carbocycles. The first-order valence-electron chi connectivity index (χ1n) is 23.5. The minimum atomic E-state index is -1.88. The third-order valence-corrected chi connectivity index (χ3v) is 10.6. The number of carbonyl (C=O) groups excluding carboxylic acids is 10. The van der Waals surface area contributed by atoms with Crippen molar-refractivity contribution in [3.05, 3.63) is 0 Å². The van der Waals surface area contributed by atoms with Crippen molar-refractivity contribution in [2.75, 3.05) is 19.6 Å². The van der Waals surface area contributed by atoms with Crippen molar-refractivity contribution in [1.29, 1.82) is 0 Å². The van der Waals surface area contributed by atoms with Crippen LogP contribution >= 0.6 is 0 Å². The number of carboxylic acids is 3. The van der Waals surface area contributed by atoms with Gasteiger partial charge in [-0.1, -0.05) is 6.42 Å². The Morgan fingerprint density at radius 2 is 0.757 bits per heavy atom. The van der Waals surface area contributed by atoms with Crippen LogP contribution in [0.3, 0.4) is 0 Å². The van der Waals surface area contributed by atoms with Gasteiger partial charge in [-0.05, 0) is 84.7 Å². The Labute approximate surface area is 425 Å². The topological polar surface area (TPSA) is 573 Å². The van der Waals surface area contributed by atoms with E-state index in [-0.39, 0.29) is 44.7 Å². The summed E-state index contributed by atoms with van der Waals surface area (Å²) in [7, 11) is 0. The molecule has 32 nitrogen and oxygen atoms in total. The molecule has 0 unspecified atom stereocenters. The number of nitrogens with one attached hydrogen (secondary N) is 8. The highest BCUT2D eigenvalue weighted by Gasteiger charge is 2.35. The maximum absolute atomic E-state index is 13.9. The molecule has 0 fully saturated rings. The van der Waals surface area contributed by atoms with Gasteiger partial charge in [0.15, 0.2) is 5.96 Å². The maximum Gasteiger partial charge on any atom is 0.326 e. The second kappa shape index (κ2) is 35.4. The van der Waals surface area contributed by atoms with Crippen LogP contribution in [0.4, 0.5) is 0 Å². The number of aliphatic carboxylic acids is 3. The second-order valence-electron chi connectivity index (χ2n) is 17.0. The van der Waals surface area contributed by atoms with Crippen molar-refractivity contribution in [1.82, 2.24) is 42.5 Å². The van der Waals surface area contributed by atoms with Crippen LogP contribution in [0.5, 0.6) is 0 Å². The van der Waals surface area contributed by atoms with Crippen LogP contribution in [-0.4, -0.2) is 172 Å². The van der Waals surface area contributed by atoms with E-state index in [4.69, 9.17) is 40.1 Å². The highest BCUT2D eigenvalue weighted by molar-refractivity contribution is 5.99. The van der Waals surface area contributed by atoms with Crippen LogP contribution in [0.25, 0.3) is 0 Å². The first kappa shape index (κ1) is 66.3. The third kappa shape index (κ3) is 28.3. The molecule has 418 valence electrons. The van der Waals surface area contributed by atoms with E-state index in [1.54, 1.807) is 0 Å². The fraction of sp³-hybridized carbons (Fsp3) is 0.667. The monoisotopic (exact) mass is 1060 g/mol. The highest BCUT2D eigenvalue weighted by Crippen LogP contribution is 2.09. The summed E-state index contributed by atoms with van der Waals surface area (Å²) in [5.74, 6) is -15.5. The summed E-state index contributed by atoms with van der Waals surface area (Å²) in [6.45, 7) is 2.78. The number of rotatable bonds is 39. The van der Waals surface area contributed by atoms with Crippen molar-refractivity contribution < 1.29 is 77.6 Å². The number of carboxylic acid groups (broad SMARTS) is 3. The van der Waals surface area contributed by atoms with Gasteiger partial charge in [0, 0.05) is 19.4 Å². The molecule has 32 heteroatoms. The highest BCUT2D eigenvalue weighted by atomic mass is 16.4. The van der Waals surface area contributed by atoms with Crippen LogP contribution in [0, 0.1) is 0 Å². The predicted molar refractivity (Wildman–Crippen MR) is 259 cm³/mol. The van der Waals surface area contributed by atoms with Gasteiger partial charge < -0.3 is 98.0 Å². The van der Waals surface area contributed by atoms with Gasteiger partial charge in [0.05, 0.1) is 18.9 Å². The summed E-state index contributed by atoms with van der Waals surface area (Å²) in [6.07, 6.45) is -2.65. The van der Waals surface area contributed by atoms with Crippen molar-refractivity contribution in [2.45, 2.75) is 158 Å². The molecule has 0 bridgehead atoms. The van der Waals surface area contributed by atoms with Crippen LogP contribution < -0.4 is 82.7 Å². The molecule has 0 aromatic heterocycles. The van der Waals surface area contributed by atoms with Gasteiger partial charge >= 0.3 is 17.9 Å². The van der Waals surface area contributed by atoms with Crippen molar-refractivity contribution in [2.24, 2.45) is 45.1 Å². The first-order valence-corrected chi connectivity index (χ1v) is 23.5. The molecule has 0 rings (SSSR count). The SMILES string of the molecule is C[C@H](NC(=O)[C@H](CCC(=O)O)NC(=O)[C@H](C)NC(=O)[C@H](CC(N)=O)NC(=O)[C@H](CCCN=C(N)N)NC(=O)[C@H](CCC(=O)O)NC(=O)[C@H](CC(N)=O)NC(=O)[C@@H](N)CCCCN)C(=O)N[C@@H](CCCCN)C(=O)O. The standard InChI is InChI=1S/C42H74N16O16/c1-20(33(65)53-24(11-13-31(61)62)36(68)51-21(2)34(66)56-26(41(73)74)9-4-6-16-44)52-39(71)27(18-29(46)59)58-37(69)23(10-7-17-50-42(48)49)54-38(70)25(12-14-32(63)64)55-40(72)28(19-30(47)60)57-35(67)22(45)8-3-5-15-43/h20-28H,3-19,43-45H2,1-2H3,(H2,46,59)(H2,47,60)(H,51,68)(H,52,71)(H,53,65)(H,54,70)(H,55,72)(H,56,66)(H,57,67)(H,58,69)(H,61,62)(H,63,64)(H,73,74)(H4,48,49,50)/t20-,21-,22-,23-,24-,25-,26-,27-,28-/m0/s1. The first-order chi connectivity index (χ1) is 34.6. The third-order valence-electron chi connectivity index (χ3n) is 10.6. The van der Waals surface area contributed by atoms with Crippen molar-refractivity contribution in [3.63, 3.8) is 0 Å². The second-order valence-corrected chi connectivity index (χ2v) is 17.0. The molecule has 0 saturated carbocycles. The fourth-order valence-corrected chi connectivity index (χ4v) is 6.50. The lowest BCUT2D eigenvalue weighted by atomic mass is 10.0. The quantitative estimate of drug-likeness (QED) is 0.0154. The fourth-order valence-electron chi connectivity index (χ4n) is 6.50. The number of hydrogen-bond donors (Lipinski definition) is 18. The number of nitrogens with two attached hydrogens (primary N) is 7. The van der Waals surface area contributed by atoms with Gasteiger partial charge in [0.25, 0.3) is 0 Å². The maximum atomic E-state index is 13.9. The summed E-state index contributed by atoms with van der Waals surface area (Å²) < 4.78 is 0. The molecule has 10 amide bonds. The molecular weight excluding hydrogens is 985 g/mol. The average Bonchev–Trinajstić information content (AvgIpc) is 3.30. The van der Waals surface area contributed by atoms with Gasteiger partial charge in [-0.15, -0.1) is 0 Å². The van der Waals surface area contributed by atoms with Gasteiger partial charge in [-0.3, -0.25) is 62.5 Å². The van der Waals surface area contributed by atoms with E-state index in [0.29, 0.717) is 32.2 Å². The van der Waals surface area contributed by atoms with Gasteiger partial charge in [0.1, 0.15) is 48.3 Å². The Morgan fingerprint density at radius 1 is 0.419 bits per heavy atom. The zero-order chi connectivity index (χ0) is 56.7. The van der Waals surface area contributed by atoms with Gasteiger partial charge in [-0.25, -0.2) is 4.79 Å². The van der Waals surface area contributed by atoms with Crippen LogP contribution in [-0.2, 0) is 62.3 Å². The molecule has 74 heavy (non-hydrogen) atoms. The van der Waals surface area contributed by atoms with E-state index in [0.717, 1.165) is 6.92 Å². The zero-order valence-electron chi connectivity index (χ0n) is 41.4. The molecule has 0 heterocycles. The number of carbonyl (C=O) groups is 13. The number of hydrogen-bond acceptors (Lipinski definition) is 17. The lowest BCUT2D eigenvalue weighted by Crippen LogP contribution is -2.60. The van der Waals surface area contributed by atoms with Gasteiger partial charge in [-0.2, -0.15) is 0 Å². The minimum Gasteiger partial charge on any atom is -0.481 e. The summed E-state index contributed by atoms with van der Waals surface area (Å²) in [5.41, 5.74) is 38.3. The smallest absolute Gasteiger partial charge is 0.326 e. The van der Waals surface area contributed by atoms with E-state index in [1.807, 2.05) is 0 Å². The van der Waals surface area contributed by atoms with Crippen molar-refractivity contribution in [3.8, 4) is 0 Å². The Hall–Kier alpha value is -7.74. The van der Waals surface area contributed by atoms with E-state index in [9.17, 15) is 77.6 Å². The lowest BCUT2D eigenvalue weighted by molar-refractivity contribution is -0.142. The number of aliphatic imine (C=N–C) groups is 1. The van der Waals surface area contributed by atoms with E-state index in [2.05, 4.69) is 47.5 Å². The molecule has 0 aliphatic carbocycles. The Bertz CT molecular complexity index is 2000. The number of primary amides is 2. The number of unbranched alkanes of at least 4 members (excludes halogenated alkanes) is 2. The van der Waals surface area contributed by atoms with Crippen LogP contribution in [0.15, 0.2) is 4.99 Å². The lowest BCUT2D eigenvalue weighted by Gasteiger charge is -2.27.